The molecular weight excluding hydrogens is 612 g/mol. The zero-order chi connectivity index (χ0) is 32.9. The maximum Gasteiger partial charge on any atom is 0.343 e. The van der Waals surface area contributed by atoms with E-state index in [1.165, 1.54) is 36.4 Å². The van der Waals surface area contributed by atoms with Gasteiger partial charge in [-0.3, -0.25) is 29.8 Å². The van der Waals surface area contributed by atoms with Crippen LogP contribution in [0.3, 0.4) is 0 Å². The minimum atomic E-state index is -0.674. The smallest absolute Gasteiger partial charge is 0.343 e. The van der Waals surface area contributed by atoms with Gasteiger partial charge in [0.25, 0.3) is 23.6 Å². The molecule has 0 atom stereocenters. The lowest BCUT2D eigenvalue weighted by molar-refractivity contribution is 0.0725. The number of ether oxygens (including phenoxy) is 5. The van der Waals surface area contributed by atoms with Gasteiger partial charge < -0.3 is 23.7 Å². The van der Waals surface area contributed by atoms with Crippen LogP contribution in [0.4, 0.5) is 0 Å². The van der Waals surface area contributed by atoms with Gasteiger partial charge in [0, 0.05) is 0 Å². The third kappa shape index (κ3) is 7.00. The summed E-state index contributed by atoms with van der Waals surface area (Å²) in [5.74, 6) is -1.84. The van der Waals surface area contributed by atoms with Crippen LogP contribution in [0, 0.1) is 0 Å². The summed E-state index contributed by atoms with van der Waals surface area (Å²) in [7, 11) is 0. The molecule has 236 valence electrons. The Morgan fingerprint density at radius 3 is 1.21 bits per heavy atom. The van der Waals surface area contributed by atoms with Crippen molar-refractivity contribution in [3.63, 3.8) is 0 Å². The van der Waals surface area contributed by atoms with E-state index in [1.54, 1.807) is 48.5 Å². The van der Waals surface area contributed by atoms with Crippen LogP contribution in [0.2, 0.25) is 0 Å². The molecule has 2 aliphatic rings. The molecule has 0 saturated carbocycles. The number of hydrogen-bond acceptors (Lipinski definition) is 11. The van der Waals surface area contributed by atoms with Crippen LogP contribution in [-0.2, 0) is 4.74 Å². The van der Waals surface area contributed by atoms with Crippen molar-refractivity contribution in [3.8, 4) is 23.0 Å². The van der Waals surface area contributed by atoms with Gasteiger partial charge in [-0.25, -0.2) is 9.59 Å². The molecule has 4 aromatic carbocycles. The number of carbonyl (C=O) groups excluding carboxylic acids is 6. The number of hydrogen-bond donors (Lipinski definition) is 2. The van der Waals surface area contributed by atoms with Crippen molar-refractivity contribution in [2.45, 2.75) is 0 Å². The summed E-state index contributed by atoms with van der Waals surface area (Å²) in [5.41, 5.74) is 0.960. The molecule has 0 aromatic heterocycles. The van der Waals surface area contributed by atoms with Gasteiger partial charge in [0.2, 0.25) is 0 Å². The molecule has 4 amide bonds. The van der Waals surface area contributed by atoms with E-state index in [2.05, 4.69) is 10.6 Å². The molecule has 0 saturated heterocycles. The van der Waals surface area contributed by atoms with Gasteiger partial charge in [0.05, 0.1) is 46.6 Å². The van der Waals surface area contributed by atoms with Gasteiger partial charge in [-0.05, 0) is 84.9 Å². The third-order valence-corrected chi connectivity index (χ3v) is 7.00. The van der Waals surface area contributed by atoms with Crippen molar-refractivity contribution >= 4 is 35.6 Å². The fraction of sp³-hybridized carbons (Fsp3) is 0.118. The second kappa shape index (κ2) is 13.3. The zero-order valence-corrected chi connectivity index (χ0v) is 24.4. The summed E-state index contributed by atoms with van der Waals surface area (Å²) in [5, 5.41) is 4.35. The van der Waals surface area contributed by atoms with Crippen LogP contribution in [0.5, 0.6) is 23.0 Å². The highest BCUT2D eigenvalue weighted by Crippen LogP contribution is 2.23. The molecule has 2 heterocycles. The van der Waals surface area contributed by atoms with Crippen LogP contribution >= 0.6 is 0 Å². The van der Waals surface area contributed by atoms with Crippen molar-refractivity contribution < 1.29 is 52.5 Å². The van der Waals surface area contributed by atoms with Crippen molar-refractivity contribution in [1.29, 1.82) is 0 Å². The minimum Gasteiger partial charge on any atom is -0.491 e. The molecule has 47 heavy (non-hydrogen) atoms. The quantitative estimate of drug-likeness (QED) is 0.101. The summed E-state index contributed by atoms with van der Waals surface area (Å²) >= 11 is 0. The SMILES string of the molecule is O=C(Oc1ccc(OCCOCCOc2ccc(OC(=O)c3ccc4c(c3)C(=O)NC4=O)cc2)cc1)c1ccc2c(c1)C(=O)NC2=O. The van der Waals surface area contributed by atoms with E-state index < -0.39 is 35.6 Å². The van der Waals surface area contributed by atoms with Crippen molar-refractivity contribution in [3.05, 3.63) is 118 Å². The molecule has 0 radical (unpaired) electrons. The Hall–Kier alpha value is -6.34. The van der Waals surface area contributed by atoms with E-state index in [0.29, 0.717) is 24.7 Å². The number of amides is 4. The molecule has 0 bridgehead atoms. The van der Waals surface area contributed by atoms with E-state index >= 15 is 0 Å². The molecule has 4 aromatic rings. The Labute approximate surface area is 266 Å². The molecule has 13 nitrogen and oxygen atoms in total. The number of benzene rings is 4. The molecule has 2 N–H and O–H groups in total. The Morgan fingerprint density at radius 2 is 0.809 bits per heavy atom. The van der Waals surface area contributed by atoms with E-state index in [-0.39, 0.29) is 58.1 Å². The average molecular weight is 637 g/mol. The summed E-state index contributed by atoms with van der Waals surface area (Å²) in [6, 6.07) is 21.1. The number of imide groups is 2. The maximum atomic E-state index is 12.5. The topological polar surface area (TPSA) is 173 Å². The fourth-order valence-corrected chi connectivity index (χ4v) is 4.67. The minimum absolute atomic E-state index is 0.129. The Kier molecular flexibility index (Phi) is 8.71. The fourth-order valence-electron chi connectivity index (χ4n) is 4.67. The predicted octanol–water partition coefficient (Wildman–Crippen LogP) is 3.37. The first kappa shape index (κ1) is 30.7. The summed E-state index contributed by atoms with van der Waals surface area (Å²) in [6.07, 6.45) is 0. The van der Waals surface area contributed by atoms with Crippen molar-refractivity contribution in [1.82, 2.24) is 10.6 Å². The van der Waals surface area contributed by atoms with E-state index in [0.717, 1.165) is 0 Å². The van der Waals surface area contributed by atoms with Crippen molar-refractivity contribution in [2.24, 2.45) is 0 Å². The van der Waals surface area contributed by atoms with Gasteiger partial charge in [-0.15, -0.1) is 0 Å². The summed E-state index contributed by atoms with van der Waals surface area (Å²) in [6.45, 7) is 1.12. The normalized spacial score (nSPS) is 12.9. The number of nitrogens with one attached hydrogen (secondary N) is 2. The average Bonchev–Trinajstić information content (AvgIpc) is 3.53. The van der Waals surface area contributed by atoms with Gasteiger partial charge >= 0.3 is 11.9 Å². The number of esters is 2. The van der Waals surface area contributed by atoms with Crippen LogP contribution < -0.4 is 29.6 Å². The van der Waals surface area contributed by atoms with Gasteiger partial charge in [-0.2, -0.15) is 0 Å². The molecular formula is C34H24N2O11. The third-order valence-electron chi connectivity index (χ3n) is 7.00. The monoisotopic (exact) mass is 636 g/mol. The predicted molar refractivity (Wildman–Crippen MR) is 161 cm³/mol. The zero-order valence-electron chi connectivity index (χ0n) is 24.4. The molecule has 13 heteroatoms. The second-order valence-electron chi connectivity index (χ2n) is 10.1. The maximum absolute atomic E-state index is 12.5. The molecule has 0 unspecified atom stereocenters. The molecule has 0 fully saturated rings. The molecule has 2 aliphatic heterocycles. The van der Waals surface area contributed by atoms with E-state index in [4.69, 9.17) is 23.7 Å². The Bertz CT molecular complexity index is 1780. The van der Waals surface area contributed by atoms with Gasteiger partial charge in [-0.1, -0.05) is 0 Å². The highest BCUT2D eigenvalue weighted by molar-refractivity contribution is 6.22. The Morgan fingerprint density at radius 1 is 0.447 bits per heavy atom. The van der Waals surface area contributed by atoms with E-state index in [1.807, 2.05) is 0 Å². The summed E-state index contributed by atoms with van der Waals surface area (Å²) < 4.78 is 27.5. The van der Waals surface area contributed by atoms with Crippen LogP contribution in [0.15, 0.2) is 84.9 Å². The lowest BCUT2D eigenvalue weighted by Crippen LogP contribution is -2.19. The van der Waals surface area contributed by atoms with Crippen LogP contribution in [0.1, 0.15) is 62.1 Å². The largest absolute Gasteiger partial charge is 0.491 e. The molecule has 0 aliphatic carbocycles. The Balaban J connectivity index is 0.868. The number of carbonyl (C=O) groups is 6. The van der Waals surface area contributed by atoms with E-state index in [9.17, 15) is 28.8 Å². The molecule has 6 rings (SSSR count). The van der Waals surface area contributed by atoms with Gasteiger partial charge in [0.15, 0.2) is 0 Å². The molecule has 0 spiro atoms. The highest BCUT2D eigenvalue weighted by Gasteiger charge is 2.29. The van der Waals surface area contributed by atoms with Crippen LogP contribution in [-0.4, -0.2) is 62.0 Å². The van der Waals surface area contributed by atoms with Crippen molar-refractivity contribution in [2.75, 3.05) is 26.4 Å². The first-order chi connectivity index (χ1) is 22.7. The lowest BCUT2D eigenvalue weighted by atomic mass is 10.1. The number of rotatable bonds is 12. The first-order valence-electron chi connectivity index (χ1n) is 14.2. The first-order valence-corrected chi connectivity index (χ1v) is 14.2. The van der Waals surface area contributed by atoms with Crippen LogP contribution in [0.25, 0.3) is 0 Å². The standard InChI is InChI=1S/C34H24N2O11/c37-29-25-11-1-19(17-27(25)31(39)35-29)33(41)46-23-7-3-21(4-8-23)44-15-13-43-14-16-45-22-5-9-24(10-6-22)47-34(42)20-2-12-26-28(18-20)32(40)36-30(26)38/h1-12,17-18H,13-16H2,(H,35,37,39)(H,36,38,40). The lowest BCUT2D eigenvalue weighted by Gasteiger charge is -2.10. The second-order valence-corrected chi connectivity index (χ2v) is 10.1. The number of fused-ring (bicyclic) bond motifs is 2. The highest BCUT2D eigenvalue weighted by atomic mass is 16.6. The summed E-state index contributed by atoms with van der Waals surface area (Å²) in [4.78, 5) is 72.0. The van der Waals surface area contributed by atoms with Gasteiger partial charge in [0.1, 0.15) is 36.2 Å².